The van der Waals surface area contributed by atoms with Crippen molar-refractivity contribution in [3.05, 3.63) is 16.5 Å². The largest absolute Gasteiger partial charge is 0.383 e. The number of nitrogens with two attached hydrogens (primary N) is 1. The molecule has 1 amide bonds. The summed E-state index contributed by atoms with van der Waals surface area (Å²) in [4.78, 5) is 21.3. The molecule has 2 rings (SSSR count). The Morgan fingerprint density at radius 2 is 2.29 bits per heavy atom. The summed E-state index contributed by atoms with van der Waals surface area (Å²) >= 11 is 6.08. The van der Waals surface area contributed by atoms with Crippen LogP contribution in [0.4, 0.5) is 5.82 Å². The normalized spacial score (nSPS) is 19.7. The lowest BCUT2D eigenvalue weighted by atomic mass is 10.2. The zero-order valence-electron chi connectivity index (χ0n) is 9.70. The number of hydrogen-bond acceptors (Lipinski definition) is 5. The molecule has 7 heteroatoms. The average Bonchev–Trinajstić information content (AvgIpc) is 2.64. The zero-order chi connectivity index (χ0) is 12.6. The highest BCUT2D eigenvalue weighted by Gasteiger charge is 2.31. The standard InChI is InChI=1S/C10H14ClN5O/c1-5-14-8(11)7(9(12)15-5)10-13-3-4-16(10)6(2)17/h10,13H,3-4H2,1-2H3,(H2,12,14,15). The van der Waals surface area contributed by atoms with Crippen LogP contribution >= 0.6 is 11.6 Å². The molecular formula is C10H14ClN5O. The van der Waals surface area contributed by atoms with Gasteiger partial charge in [-0.2, -0.15) is 0 Å². The molecule has 17 heavy (non-hydrogen) atoms. The van der Waals surface area contributed by atoms with E-state index in [1.54, 1.807) is 11.8 Å². The summed E-state index contributed by atoms with van der Waals surface area (Å²) in [6, 6.07) is 0. The van der Waals surface area contributed by atoms with E-state index in [9.17, 15) is 4.79 Å². The number of amides is 1. The van der Waals surface area contributed by atoms with Crippen LogP contribution in [0.3, 0.4) is 0 Å². The first-order valence-corrected chi connectivity index (χ1v) is 5.68. The minimum absolute atomic E-state index is 0.0314. The Hall–Kier alpha value is -1.40. The molecule has 1 aliphatic heterocycles. The molecule has 1 aromatic heterocycles. The van der Waals surface area contributed by atoms with E-state index in [4.69, 9.17) is 17.3 Å². The number of nitrogen functional groups attached to an aromatic ring is 1. The van der Waals surface area contributed by atoms with Crippen molar-refractivity contribution in [3.63, 3.8) is 0 Å². The minimum atomic E-state index is -0.333. The Morgan fingerprint density at radius 1 is 1.59 bits per heavy atom. The topological polar surface area (TPSA) is 84.1 Å². The van der Waals surface area contributed by atoms with Crippen molar-refractivity contribution < 1.29 is 4.79 Å². The van der Waals surface area contributed by atoms with Crippen molar-refractivity contribution in [1.29, 1.82) is 0 Å². The van der Waals surface area contributed by atoms with Gasteiger partial charge in [-0.25, -0.2) is 9.97 Å². The lowest BCUT2D eigenvalue weighted by molar-refractivity contribution is -0.129. The lowest BCUT2D eigenvalue weighted by Gasteiger charge is -2.24. The highest BCUT2D eigenvalue weighted by atomic mass is 35.5. The number of hydrogen-bond donors (Lipinski definition) is 2. The number of nitrogens with one attached hydrogen (secondary N) is 1. The first kappa shape index (κ1) is 12.1. The molecule has 2 heterocycles. The van der Waals surface area contributed by atoms with Crippen molar-refractivity contribution in [1.82, 2.24) is 20.2 Å². The molecule has 92 valence electrons. The Bertz CT molecular complexity index is 441. The molecule has 1 aromatic rings. The molecule has 3 N–H and O–H groups in total. The van der Waals surface area contributed by atoms with Crippen LogP contribution in [-0.4, -0.2) is 33.9 Å². The van der Waals surface area contributed by atoms with Gasteiger partial charge in [-0.15, -0.1) is 0 Å². The smallest absolute Gasteiger partial charge is 0.221 e. The summed E-state index contributed by atoms with van der Waals surface area (Å²) in [6.07, 6.45) is -0.333. The van der Waals surface area contributed by atoms with Crippen molar-refractivity contribution in [2.24, 2.45) is 0 Å². The van der Waals surface area contributed by atoms with E-state index in [0.717, 1.165) is 0 Å². The summed E-state index contributed by atoms with van der Waals surface area (Å²) < 4.78 is 0. The maximum atomic E-state index is 11.5. The summed E-state index contributed by atoms with van der Waals surface area (Å²) in [5.41, 5.74) is 6.42. The van der Waals surface area contributed by atoms with E-state index in [0.29, 0.717) is 35.4 Å². The number of aromatic nitrogens is 2. The molecular weight excluding hydrogens is 242 g/mol. The van der Waals surface area contributed by atoms with E-state index in [2.05, 4.69) is 15.3 Å². The number of nitrogens with zero attached hydrogens (tertiary/aromatic N) is 3. The van der Waals surface area contributed by atoms with Crippen molar-refractivity contribution in [2.45, 2.75) is 20.0 Å². The summed E-state index contributed by atoms with van der Waals surface area (Å²) in [5.74, 6) is 0.799. The van der Waals surface area contributed by atoms with Crippen LogP contribution in [0.1, 0.15) is 24.5 Å². The van der Waals surface area contributed by atoms with Gasteiger partial charge >= 0.3 is 0 Å². The molecule has 1 unspecified atom stereocenters. The molecule has 1 saturated heterocycles. The van der Waals surface area contributed by atoms with Gasteiger partial charge in [0.05, 0.1) is 5.56 Å². The Morgan fingerprint density at radius 3 is 2.88 bits per heavy atom. The van der Waals surface area contributed by atoms with E-state index >= 15 is 0 Å². The quantitative estimate of drug-likeness (QED) is 0.713. The Balaban J connectivity index is 2.43. The third-order valence-electron chi connectivity index (χ3n) is 2.72. The van der Waals surface area contributed by atoms with Gasteiger partial charge in [-0.05, 0) is 6.92 Å². The first-order chi connectivity index (χ1) is 8.00. The van der Waals surface area contributed by atoms with Crippen LogP contribution in [0.25, 0.3) is 0 Å². The minimum Gasteiger partial charge on any atom is -0.383 e. The van der Waals surface area contributed by atoms with Crippen LogP contribution in [-0.2, 0) is 4.79 Å². The first-order valence-electron chi connectivity index (χ1n) is 5.31. The van der Waals surface area contributed by atoms with Crippen LogP contribution in [0.5, 0.6) is 0 Å². The molecule has 0 spiro atoms. The second kappa shape index (κ2) is 4.46. The van der Waals surface area contributed by atoms with Gasteiger partial charge in [0.1, 0.15) is 23.0 Å². The van der Waals surface area contributed by atoms with Gasteiger partial charge in [-0.1, -0.05) is 11.6 Å². The van der Waals surface area contributed by atoms with Crippen LogP contribution in [0, 0.1) is 6.92 Å². The second-order valence-electron chi connectivity index (χ2n) is 3.93. The molecule has 0 bridgehead atoms. The number of carbonyl (C=O) groups is 1. The van der Waals surface area contributed by atoms with Crippen LogP contribution in [0.2, 0.25) is 5.15 Å². The molecule has 0 saturated carbocycles. The highest BCUT2D eigenvalue weighted by Crippen LogP contribution is 2.30. The molecule has 1 fully saturated rings. The van der Waals surface area contributed by atoms with E-state index in [1.807, 2.05) is 0 Å². The van der Waals surface area contributed by atoms with Gasteiger partial charge in [0.15, 0.2) is 0 Å². The van der Waals surface area contributed by atoms with Crippen LogP contribution in [0.15, 0.2) is 0 Å². The average molecular weight is 256 g/mol. The number of carbonyl (C=O) groups excluding carboxylic acids is 1. The van der Waals surface area contributed by atoms with Gasteiger partial charge in [0.2, 0.25) is 5.91 Å². The molecule has 0 radical (unpaired) electrons. The fourth-order valence-electron chi connectivity index (χ4n) is 1.98. The predicted molar refractivity (Wildman–Crippen MR) is 64.3 cm³/mol. The van der Waals surface area contributed by atoms with Crippen molar-refractivity contribution >= 4 is 23.3 Å². The molecule has 0 aliphatic carbocycles. The number of halogens is 1. The SMILES string of the molecule is CC(=O)N1CCNC1c1c(N)nc(C)nc1Cl. The summed E-state index contributed by atoms with van der Waals surface area (Å²) in [7, 11) is 0. The van der Waals surface area contributed by atoms with Gasteiger partial charge in [-0.3, -0.25) is 10.1 Å². The summed E-state index contributed by atoms with van der Waals surface area (Å²) in [5, 5.41) is 3.46. The number of anilines is 1. The summed E-state index contributed by atoms with van der Waals surface area (Å²) in [6.45, 7) is 4.56. The Kier molecular flexibility index (Phi) is 3.17. The highest BCUT2D eigenvalue weighted by molar-refractivity contribution is 6.30. The van der Waals surface area contributed by atoms with Gasteiger partial charge in [0, 0.05) is 20.0 Å². The van der Waals surface area contributed by atoms with Crippen LogP contribution < -0.4 is 11.1 Å². The Labute approximate surface area is 104 Å². The number of aryl methyl sites for hydroxylation is 1. The third-order valence-corrected chi connectivity index (χ3v) is 3.01. The van der Waals surface area contributed by atoms with Gasteiger partial charge in [0.25, 0.3) is 0 Å². The molecule has 1 atom stereocenters. The van der Waals surface area contributed by atoms with E-state index < -0.39 is 0 Å². The molecule has 0 aromatic carbocycles. The molecule has 1 aliphatic rings. The number of rotatable bonds is 1. The fraction of sp³-hybridized carbons (Fsp3) is 0.500. The maximum Gasteiger partial charge on any atom is 0.221 e. The monoisotopic (exact) mass is 255 g/mol. The second-order valence-corrected chi connectivity index (χ2v) is 4.29. The van der Waals surface area contributed by atoms with Gasteiger partial charge < -0.3 is 10.6 Å². The third kappa shape index (κ3) is 2.18. The van der Waals surface area contributed by atoms with E-state index in [-0.39, 0.29) is 12.1 Å². The van der Waals surface area contributed by atoms with E-state index in [1.165, 1.54) is 6.92 Å². The van der Waals surface area contributed by atoms with Crippen molar-refractivity contribution in [3.8, 4) is 0 Å². The lowest BCUT2D eigenvalue weighted by Crippen LogP contribution is -2.32. The fourth-order valence-corrected chi connectivity index (χ4v) is 2.30. The maximum absolute atomic E-state index is 11.5. The predicted octanol–water partition coefficient (Wildman–Crippen LogP) is 0.471. The molecule has 6 nitrogen and oxygen atoms in total. The van der Waals surface area contributed by atoms with Crippen molar-refractivity contribution in [2.75, 3.05) is 18.8 Å². The zero-order valence-corrected chi connectivity index (χ0v) is 10.5.